The number of unbranched alkanes of at least 4 members (excludes halogenated alkanes) is 1. The fraction of sp³-hybridized carbons (Fsp3) is 0.643. The lowest BCUT2D eigenvalue weighted by molar-refractivity contribution is 0.604. The van der Waals surface area contributed by atoms with Gasteiger partial charge in [0.25, 0.3) is 5.56 Å². The average molecular weight is 327 g/mol. The van der Waals surface area contributed by atoms with Crippen molar-refractivity contribution < 1.29 is 0 Å². The predicted octanol–water partition coefficient (Wildman–Crippen LogP) is 1.03. The van der Waals surface area contributed by atoms with Crippen LogP contribution in [0, 0.1) is 0 Å². The van der Waals surface area contributed by atoms with Gasteiger partial charge in [0.15, 0.2) is 10.8 Å². The van der Waals surface area contributed by atoms with Crippen molar-refractivity contribution in [3.8, 4) is 0 Å². The second-order valence-electron chi connectivity index (χ2n) is 4.97. The van der Waals surface area contributed by atoms with E-state index in [9.17, 15) is 9.59 Å². The largest absolute Gasteiger partial charge is 0.383 e. The topological polar surface area (TPSA) is 96.2 Å². The molecule has 0 radical (unpaired) electrons. The molecule has 0 aromatic carbocycles. The summed E-state index contributed by atoms with van der Waals surface area (Å²) >= 11 is 5.32. The number of H-pyrrole nitrogens is 1. The smallest absolute Gasteiger partial charge is 0.330 e. The lowest BCUT2D eigenvalue weighted by Crippen LogP contribution is -2.45. The van der Waals surface area contributed by atoms with Gasteiger partial charge in [-0.3, -0.25) is 14.3 Å². The number of nitrogens with one attached hydrogen (secondary N) is 2. The van der Waals surface area contributed by atoms with Crippen molar-refractivity contribution in [3.63, 3.8) is 0 Å². The van der Waals surface area contributed by atoms with Crippen LogP contribution in [0.3, 0.4) is 0 Å². The summed E-state index contributed by atoms with van der Waals surface area (Å²) in [6.45, 7) is 7.59. The fourth-order valence-electron chi connectivity index (χ4n) is 2.11. The lowest BCUT2D eigenvalue weighted by atomic mass is 10.3. The lowest BCUT2D eigenvalue weighted by Gasteiger charge is -2.25. The third-order valence-electron chi connectivity index (χ3n) is 3.31. The Morgan fingerprint density at radius 2 is 2.00 bits per heavy atom. The number of nitrogens with two attached hydrogens (primary N) is 1. The molecule has 0 aliphatic carbocycles. The Balaban J connectivity index is 3.29. The highest BCUT2D eigenvalue weighted by Gasteiger charge is 2.20. The minimum atomic E-state index is -0.516. The number of thiocarbonyl (C=S) groups is 1. The average Bonchev–Trinajstić information content (AvgIpc) is 2.48. The summed E-state index contributed by atoms with van der Waals surface area (Å²) < 4.78 is 1.39. The van der Waals surface area contributed by atoms with Gasteiger partial charge in [0.1, 0.15) is 5.82 Å². The minimum Gasteiger partial charge on any atom is -0.383 e. The fourth-order valence-corrected chi connectivity index (χ4v) is 2.43. The first-order chi connectivity index (χ1) is 10.5. The van der Waals surface area contributed by atoms with E-state index in [1.807, 2.05) is 20.8 Å². The van der Waals surface area contributed by atoms with Crippen molar-refractivity contribution in [1.29, 1.82) is 0 Å². The van der Waals surface area contributed by atoms with Crippen LogP contribution in [0.25, 0.3) is 0 Å². The molecular formula is C14H25N5O2S. The van der Waals surface area contributed by atoms with E-state index in [2.05, 4.69) is 10.3 Å². The first-order valence-electron chi connectivity index (χ1n) is 7.65. The molecule has 1 aromatic heterocycles. The van der Waals surface area contributed by atoms with E-state index < -0.39 is 11.2 Å². The SMILES string of the molecule is CCCCn1c(N)c(N(CC)C(=S)NCCC)c(=O)[nH]c1=O. The maximum absolute atomic E-state index is 12.2. The number of nitrogen functional groups attached to an aromatic ring is 1. The van der Waals surface area contributed by atoms with Crippen LogP contribution in [0.4, 0.5) is 11.5 Å². The molecule has 0 atom stereocenters. The molecule has 1 aromatic rings. The highest BCUT2D eigenvalue weighted by atomic mass is 32.1. The van der Waals surface area contributed by atoms with Gasteiger partial charge in [0, 0.05) is 19.6 Å². The van der Waals surface area contributed by atoms with Crippen molar-refractivity contribution in [3.05, 3.63) is 20.8 Å². The van der Waals surface area contributed by atoms with E-state index in [-0.39, 0.29) is 11.5 Å². The van der Waals surface area contributed by atoms with Crippen LogP contribution in [0.2, 0.25) is 0 Å². The monoisotopic (exact) mass is 327 g/mol. The molecule has 0 aliphatic heterocycles. The third kappa shape index (κ3) is 4.09. The minimum absolute atomic E-state index is 0.157. The molecule has 0 bridgehead atoms. The van der Waals surface area contributed by atoms with Gasteiger partial charge in [-0.05, 0) is 32.0 Å². The van der Waals surface area contributed by atoms with Crippen molar-refractivity contribution in [2.24, 2.45) is 0 Å². The Morgan fingerprint density at radius 1 is 1.32 bits per heavy atom. The van der Waals surface area contributed by atoms with E-state index in [4.69, 9.17) is 18.0 Å². The molecule has 0 amide bonds. The number of rotatable bonds is 7. The number of hydrogen-bond donors (Lipinski definition) is 3. The molecular weight excluding hydrogens is 302 g/mol. The molecule has 0 saturated carbocycles. The molecule has 4 N–H and O–H groups in total. The molecule has 0 saturated heterocycles. The molecule has 0 aliphatic rings. The summed E-state index contributed by atoms with van der Waals surface area (Å²) in [4.78, 5) is 28.1. The van der Waals surface area contributed by atoms with Gasteiger partial charge in [-0.1, -0.05) is 20.3 Å². The van der Waals surface area contributed by atoms with Crippen molar-refractivity contribution in [1.82, 2.24) is 14.9 Å². The molecule has 22 heavy (non-hydrogen) atoms. The van der Waals surface area contributed by atoms with Crippen molar-refractivity contribution in [2.45, 2.75) is 46.6 Å². The molecule has 1 heterocycles. The van der Waals surface area contributed by atoms with Gasteiger partial charge in [-0.2, -0.15) is 0 Å². The Labute approximate surface area is 135 Å². The van der Waals surface area contributed by atoms with Crippen molar-refractivity contribution >= 4 is 28.8 Å². The summed E-state index contributed by atoms with van der Waals surface area (Å²) in [5.41, 5.74) is 5.31. The van der Waals surface area contributed by atoms with Crippen LogP contribution < -0.4 is 27.2 Å². The number of anilines is 2. The van der Waals surface area contributed by atoms with E-state index in [1.54, 1.807) is 4.90 Å². The summed E-state index contributed by atoms with van der Waals surface area (Å²) in [5, 5.41) is 3.51. The van der Waals surface area contributed by atoms with E-state index in [1.165, 1.54) is 4.57 Å². The summed E-state index contributed by atoms with van der Waals surface area (Å²) in [7, 11) is 0. The number of aromatic amines is 1. The maximum Gasteiger partial charge on any atom is 0.330 e. The Hall–Kier alpha value is -1.83. The molecule has 7 nitrogen and oxygen atoms in total. The molecule has 0 unspecified atom stereocenters. The number of hydrogen-bond acceptors (Lipinski definition) is 4. The molecule has 0 spiro atoms. The zero-order valence-electron chi connectivity index (χ0n) is 13.4. The van der Waals surface area contributed by atoms with Gasteiger partial charge in [-0.15, -0.1) is 0 Å². The van der Waals surface area contributed by atoms with Gasteiger partial charge < -0.3 is 16.0 Å². The normalized spacial score (nSPS) is 10.5. The second kappa shape index (κ2) is 8.57. The summed E-state index contributed by atoms with van der Waals surface area (Å²) in [5.74, 6) is 0.157. The standard InChI is InChI=1S/C14H25N5O2S/c1-4-7-9-19-11(15)10(12(20)17-13(19)21)18(6-3)14(22)16-8-5-2/h4-9,15H2,1-3H3,(H,16,22)(H,17,20,21). The molecule has 1 rings (SSSR count). The first-order valence-corrected chi connectivity index (χ1v) is 8.06. The maximum atomic E-state index is 12.2. The van der Waals surface area contributed by atoms with E-state index in [0.717, 1.165) is 19.3 Å². The summed E-state index contributed by atoms with van der Waals surface area (Å²) in [6, 6.07) is 0. The van der Waals surface area contributed by atoms with Crippen LogP contribution >= 0.6 is 12.2 Å². The first kappa shape index (κ1) is 18.2. The Morgan fingerprint density at radius 3 is 2.55 bits per heavy atom. The highest BCUT2D eigenvalue weighted by Crippen LogP contribution is 2.17. The van der Waals surface area contributed by atoms with Crippen LogP contribution in [-0.2, 0) is 6.54 Å². The molecule has 8 heteroatoms. The zero-order valence-corrected chi connectivity index (χ0v) is 14.3. The van der Waals surface area contributed by atoms with Crippen molar-refractivity contribution in [2.75, 3.05) is 23.7 Å². The summed E-state index contributed by atoms with van der Waals surface area (Å²) in [6.07, 6.45) is 2.65. The van der Waals surface area contributed by atoms with Gasteiger partial charge in [-0.25, -0.2) is 4.79 Å². The Kier molecular flexibility index (Phi) is 7.10. The van der Waals surface area contributed by atoms with Gasteiger partial charge in [0.2, 0.25) is 0 Å². The van der Waals surface area contributed by atoms with Gasteiger partial charge >= 0.3 is 5.69 Å². The van der Waals surface area contributed by atoms with E-state index >= 15 is 0 Å². The predicted molar refractivity (Wildman–Crippen MR) is 94.6 cm³/mol. The molecule has 124 valence electrons. The Bertz CT molecular complexity index is 623. The zero-order chi connectivity index (χ0) is 16.7. The molecule has 0 fully saturated rings. The number of aromatic nitrogens is 2. The van der Waals surface area contributed by atoms with Gasteiger partial charge in [0.05, 0.1) is 0 Å². The van der Waals surface area contributed by atoms with Crippen LogP contribution in [0.15, 0.2) is 9.59 Å². The number of nitrogens with zero attached hydrogens (tertiary/aromatic N) is 2. The van der Waals surface area contributed by atoms with Crippen LogP contribution in [0.5, 0.6) is 0 Å². The second-order valence-corrected chi connectivity index (χ2v) is 5.36. The van der Waals surface area contributed by atoms with Crippen LogP contribution in [0.1, 0.15) is 40.0 Å². The third-order valence-corrected chi connectivity index (χ3v) is 3.67. The quantitative estimate of drug-likeness (QED) is 0.647. The highest BCUT2D eigenvalue weighted by molar-refractivity contribution is 7.80. The van der Waals surface area contributed by atoms with E-state index in [0.29, 0.717) is 24.7 Å². The van der Waals surface area contributed by atoms with Crippen LogP contribution in [-0.4, -0.2) is 27.8 Å².